The molecule has 7 nitrogen and oxygen atoms in total. The highest BCUT2D eigenvalue weighted by Gasteiger charge is 2.32. The average Bonchev–Trinajstić information content (AvgIpc) is 2.41. The van der Waals surface area contributed by atoms with Crippen molar-refractivity contribution in [3.05, 3.63) is 0 Å². The Hall–Kier alpha value is -1.63. The number of nitrogens with zero attached hydrogens (tertiary/aromatic N) is 2. The summed E-state index contributed by atoms with van der Waals surface area (Å²) < 4.78 is 0. The van der Waals surface area contributed by atoms with Crippen LogP contribution in [0.2, 0.25) is 0 Å². The molecule has 1 saturated carbocycles. The minimum atomic E-state index is -0.448. The third kappa shape index (κ3) is 3.23. The monoisotopic (exact) mass is 267 g/mol. The second-order valence-electron chi connectivity index (χ2n) is 5.11. The lowest BCUT2D eigenvalue weighted by atomic mass is 9.96. The van der Waals surface area contributed by atoms with Crippen molar-refractivity contribution in [1.29, 1.82) is 0 Å². The van der Waals surface area contributed by atoms with Crippen molar-refractivity contribution in [2.75, 3.05) is 6.54 Å². The predicted octanol–water partition coefficient (Wildman–Crippen LogP) is -0.515. The van der Waals surface area contributed by atoms with E-state index in [1.165, 1.54) is 19.3 Å². The van der Waals surface area contributed by atoms with E-state index in [9.17, 15) is 9.59 Å². The number of imide groups is 1. The maximum atomic E-state index is 11.6. The van der Waals surface area contributed by atoms with Gasteiger partial charge in [0.05, 0.1) is 6.04 Å². The molecule has 1 saturated heterocycles. The van der Waals surface area contributed by atoms with Gasteiger partial charge in [-0.2, -0.15) is 0 Å². The van der Waals surface area contributed by atoms with Crippen LogP contribution < -0.4 is 16.6 Å². The summed E-state index contributed by atoms with van der Waals surface area (Å²) in [6.45, 7) is 1.83. The van der Waals surface area contributed by atoms with Crippen molar-refractivity contribution in [3.63, 3.8) is 0 Å². The van der Waals surface area contributed by atoms with Gasteiger partial charge in [-0.1, -0.05) is 19.3 Å². The van der Waals surface area contributed by atoms with Gasteiger partial charge < -0.3 is 4.90 Å². The fourth-order valence-corrected chi connectivity index (χ4v) is 2.55. The number of nitrogens with one attached hydrogen (secondary N) is 2. The van der Waals surface area contributed by atoms with Crippen molar-refractivity contribution in [1.82, 2.24) is 15.6 Å². The topological polar surface area (TPSA) is 99.8 Å². The Morgan fingerprint density at radius 2 is 2.05 bits per heavy atom. The fraction of sp³-hybridized carbons (Fsp3) is 0.750. The minimum Gasteiger partial charge on any atom is -0.321 e. The number of carbonyl (C=O) groups excluding carboxylic acids is 2. The SMILES string of the molecule is CC1C(=O)NC(=O)CN1C(=NC1CCCCC1)NN. The Labute approximate surface area is 112 Å². The number of aliphatic imine (C=N–C) groups is 1. The molecule has 2 amide bonds. The Kier molecular flexibility index (Phi) is 4.36. The number of hydrogen-bond donors (Lipinski definition) is 3. The molecule has 1 unspecified atom stereocenters. The first kappa shape index (κ1) is 13.8. The highest BCUT2D eigenvalue weighted by molar-refractivity contribution is 6.04. The van der Waals surface area contributed by atoms with E-state index in [-0.39, 0.29) is 24.4 Å². The summed E-state index contributed by atoms with van der Waals surface area (Å²) in [5.74, 6) is 5.30. The van der Waals surface area contributed by atoms with E-state index >= 15 is 0 Å². The van der Waals surface area contributed by atoms with E-state index in [0.29, 0.717) is 5.96 Å². The Morgan fingerprint density at radius 1 is 1.37 bits per heavy atom. The van der Waals surface area contributed by atoms with E-state index in [1.807, 2.05) is 0 Å². The van der Waals surface area contributed by atoms with E-state index < -0.39 is 6.04 Å². The number of piperazine rings is 1. The second kappa shape index (κ2) is 6.01. The van der Waals surface area contributed by atoms with Crippen molar-refractivity contribution in [2.45, 2.75) is 51.1 Å². The molecule has 0 aromatic rings. The molecule has 0 bridgehead atoms. The molecule has 4 N–H and O–H groups in total. The van der Waals surface area contributed by atoms with Crippen LogP contribution in [-0.2, 0) is 9.59 Å². The van der Waals surface area contributed by atoms with Gasteiger partial charge in [0.1, 0.15) is 12.6 Å². The third-order valence-electron chi connectivity index (χ3n) is 3.70. The number of rotatable bonds is 1. The summed E-state index contributed by atoms with van der Waals surface area (Å²) in [5, 5.41) is 2.30. The maximum Gasteiger partial charge on any atom is 0.249 e. The molecular formula is C12H21N5O2. The van der Waals surface area contributed by atoms with Crippen LogP contribution in [0.15, 0.2) is 4.99 Å². The van der Waals surface area contributed by atoms with Crippen LogP contribution in [0.3, 0.4) is 0 Å². The van der Waals surface area contributed by atoms with Crippen LogP contribution in [0.4, 0.5) is 0 Å². The van der Waals surface area contributed by atoms with Gasteiger partial charge in [-0.05, 0) is 19.8 Å². The zero-order valence-electron chi connectivity index (χ0n) is 11.2. The molecule has 7 heteroatoms. The summed E-state index contributed by atoms with van der Waals surface area (Å²) in [6.07, 6.45) is 5.65. The summed E-state index contributed by atoms with van der Waals surface area (Å²) in [7, 11) is 0. The number of amides is 2. The highest BCUT2D eigenvalue weighted by Crippen LogP contribution is 2.20. The summed E-state index contributed by atoms with van der Waals surface area (Å²) in [5.41, 5.74) is 2.53. The van der Waals surface area contributed by atoms with Gasteiger partial charge in [-0.25, -0.2) is 10.8 Å². The zero-order chi connectivity index (χ0) is 13.8. The lowest BCUT2D eigenvalue weighted by molar-refractivity contribution is -0.137. The van der Waals surface area contributed by atoms with E-state index in [1.54, 1.807) is 11.8 Å². The van der Waals surface area contributed by atoms with E-state index in [2.05, 4.69) is 15.7 Å². The molecule has 0 aromatic carbocycles. The van der Waals surface area contributed by atoms with Gasteiger partial charge >= 0.3 is 0 Å². The molecule has 106 valence electrons. The van der Waals surface area contributed by atoms with Crippen LogP contribution in [0.25, 0.3) is 0 Å². The average molecular weight is 267 g/mol. The smallest absolute Gasteiger partial charge is 0.249 e. The Morgan fingerprint density at radius 3 is 2.68 bits per heavy atom. The normalized spacial score (nSPS) is 26.3. The van der Waals surface area contributed by atoms with Gasteiger partial charge in [0.25, 0.3) is 0 Å². The minimum absolute atomic E-state index is 0.0999. The summed E-state index contributed by atoms with van der Waals surface area (Å²) >= 11 is 0. The first-order chi connectivity index (χ1) is 9.11. The Balaban J connectivity index is 2.12. The molecule has 2 aliphatic rings. The molecule has 0 radical (unpaired) electrons. The van der Waals surface area contributed by atoms with Crippen LogP contribution >= 0.6 is 0 Å². The van der Waals surface area contributed by atoms with Crippen LogP contribution in [-0.4, -0.2) is 41.3 Å². The van der Waals surface area contributed by atoms with E-state index in [0.717, 1.165) is 12.8 Å². The second-order valence-corrected chi connectivity index (χ2v) is 5.11. The van der Waals surface area contributed by atoms with Crippen molar-refractivity contribution in [3.8, 4) is 0 Å². The molecule has 2 rings (SSSR count). The van der Waals surface area contributed by atoms with E-state index in [4.69, 9.17) is 5.84 Å². The number of nitrogens with two attached hydrogens (primary N) is 1. The third-order valence-corrected chi connectivity index (χ3v) is 3.70. The van der Waals surface area contributed by atoms with Gasteiger partial charge in [0, 0.05) is 0 Å². The Bertz CT molecular complexity index is 390. The molecule has 1 aliphatic carbocycles. The molecule has 0 spiro atoms. The summed E-state index contributed by atoms with van der Waals surface area (Å²) in [4.78, 5) is 29.3. The predicted molar refractivity (Wildman–Crippen MR) is 70.9 cm³/mol. The fourth-order valence-electron chi connectivity index (χ4n) is 2.55. The molecule has 2 fully saturated rings. The first-order valence-corrected chi connectivity index (χ1v) is 6.76. The van der Waals surface area contributed by atoms with Crippen molar-refractivity contribution >= 4 is 17.8 Å². The van der Waals surface area contributed by atoms with Gasteiger partial charge in [-0.3, -0.25) is 20.3 Å². The molecule has 1 aliphatic heterocycles. The van der Waals surface area contributed by atoms with Crippen LogP contribution in [0, 0.1) is 0 Å². The molecule has 19 heavy (non-hydrogen) atoms. The molecule has 1 atom stereocenters. The lowest BCUT2D eigenvalue weighted by Gasteiger charge is -2.34. The molecular weight excluding hydrogens is 246 g/mol. The van der Waals surface area contributed by atoms with Crippen molar-refractivity contribution < 1.29 is 9.59 Å². The molecule has 1 heterocycles. The van der Waals surface area contributed by atoms with Crippen LogP contribution in [0.1, 0.15) is 39.0 Å². The number of guanidine groups is 1. The lowest BCUT2D eigenvalue weighted by Crippen LogP contribution is -2.62. The van der Waals surface area contributed by atoms with Gasteiger partial charge in [0.2, 0.25) is 17.8 Å². The first-order valence-electron chi connectivity index (χ1n) is 6.76. The van der Waals surface area contributed by atoms with Crippen LogP contribution in [0.5, 0.6) is 0 Å². The van der Waals surface area contributed by atoms with Gasteiger partial charge in [-0.15, -0.1) is 0 Å². The van der Waals surface area contributed by atoms with Gasteiger partial charge in [0.15, 0.2) is 0 Å². The number of hydrogen-bond acceptors (Lipinski definition) is 4. The maximum absolute atomic E-state index is 11.6. The highest BCUT2D eigenvalue weighted by atomic mass is 16.2. The number of hydrazine groups is 1. The quantitative estimate of drug-likeness (QED) is 0.195. The summed E-state index contributed by atoms with van der Waals surface area (Å²) in [6, 6.07) is -0.219. The standard InChI is InChI=1S/C12H21N5O2/c1-8-11(19)15-10(18)7-17(8)12(16-13)14-9-5-3-2-4-6-9/h8-9H,2-7,13H2,1H3,(H,14,16)(H,15,18,19). The largest absolute Gasteiger partial charge is 0.321 e. The number of carbonyl (C=O) groups is 2. The van der Waals surface area contributed by atoms with Crippen molar-refractivity contribution in [2.24, 2.45) is 10.8 Å². The zero-order valence-corrected chi connectivity index (χ0v) is 11.2. The molecule has 0 aromatic heterocycles.